The van der Waals surface area contributed by atoms with E-state index in [4.69, 9.17) is 0 Å². The second-order valence-corrected chi connectivity index (χ2v) is 7.56. The molecule has 0 unspecified atom stereocenters. The van der Waals surface area contributed by atoms with Crippen LogP contribution in [-0.2, 0) is 0 Å². The zero-order valence-electron chi connectivity index (χ0n) is 13.0. The van der Waals surface area contributed by atoms with Crippen LogP contribution in [0.3, 0.4) is 0 Å². The molecule has 4 heteroatoms. The molecule has 116 valence electrons. The minimum atomic E-state index is -0.406. The monoisotopic (exact) mass is 319 g/mol. The fourth-order valence-electron chi connectivity index (χ4n) is 2.76. The molecule has 2 aromatic rings. The summed E-state index contributed by atoms with van der Waals surface area (Å²) in [4.78, 5) is 4.24. The van der Waals surface area contributed by atoms with Gasteiger partial charge in [0.2, 0.25) is 0 Å². The molecule has 1 nitrogen and oxygen atoms in total. The predicted octanol–water partition coefficient (Wildman–Crippen LogP) is 5.99. The third-order valence-electron chi connectivity index (χ3n) is 4.22. The molecular formula is C18H19F2NS. The number of allylic oxidation sites excluding steroid dienone is 2. The van der Waals surface area contributed by atoms with Gasteiger partial charge in [-0.3, -0.25) is 0 Å². The van der Waals surface area contributed by atoms with Crippen molar-refractivity contribution in [2.24, 2.45) is 5.41 Å². The third kappa shape index (κ3) is 2.98. The number of thiazole rings is 1. The van der Waals surface area contributed by atoms with Gasteiger partial charge >= 0.3 is 0 Å². The average molecular weight is 319 g/mol. The molecule has 1 aliphatic carbocycles. The Morgan fingerprint density at radius 3 is 2.41 bits per heavy atom. The third-order valence-corrected chi connectivity index (χ3v) is 5.22. The molecule has 1 aromatic carbocycles. The second kappa shape index (κ2) is 5.58. The van der Waals surface area contributed by atoms with Gasteiger partial charge in [-0.25, -0.2) is 13.8 Å². The summed E-state index contributed by atoms with van der Waals surface area (Å²) in [6.45, 7) is 6.24. The van der Waals surface area contributed by atoms with Gasteiger partial charge in [0.25, 0.3) is 0 Å². The number of nitrogens with zero attached hydrogens (tertiary/aromatic N) is 1. The topological polar surface area (TPSA) is 12.9 Å². The highest BCUT2D eigenvalue weighted by molar-refractivity contribution is 7.13. The van der Waals surface area contributed by atoms with Gasteiger partial charge in [-0.05, 0) is 49.3 Å². The van der Waals surface area contributed by atoms with E-state index in [0.717, 1.165) is 30.5 Å². The van der Waals surface area contributed by atoms with Gasteiger partial charge in [-0.1, -0.05) is 19.9 Å². The summed E-state index contributed by atoms with van der Waals surface area (Å²) >= 11 is 1.33. The molecule has 0 saturated heterocycles. The van der Waals surface area contributed by atoms with Gasteiger partial charge in [0.05, 0.1) is 0 Å². The largest absolute Gasteiger partial charge is 0.241 e. The Morgan fingerprint density at radius 2 is 1.82 bits per heavy atom. The van der Waals surface area contributed by atoms with E-state index in [-0.39, 0.29) is 16.8 Å². The highest BCUT2D eigenvalue weighted by Crippen LogP contribution is 2.39. The van der Waals surface area contributed by atoms with Crippen LogP contribution in [0.25, 0.3) is 16.1 Å². The van der Waals surface area contributed by atoms with E-state index in [1.165, 1.54) is 23.5 Å². The van der Waals surface area contributed by atoms with Crippen LogP contribution < -0.4 is 0 Å². The molecule has 0 aliphatic heterocycles. The lowest BCUT2D eigenvalue weighted by Crippen LogP contribution is -2.14. The summed E-state index contributed by atoms with van der Waals surface area (Å²) in [5.41, 5.74) is 2.62. The second-order valence-electron chi connectivity index (χ2n) is 6.70. The highest BCUT2D eigenvalue weighted by Gasteiger charge is 2.24. The normalized spacial score (nSPS) is 17.4. The Balaban J connectivity index is 1.98. The van der Waals surface area contributed by atoms with Gasteiger partial charge in [-0.2, -0.15) is 0 Å². The van der Waals surface area contributed by atoms with Crippen molar-refractivity contribution in [1.29, 1.82) is 0 Å². The Bertz CT molecular complexity index is 744. The Kier molecular flexibility index (Phi) is 3.89. The van der Waals surface area contributed by atoms with Crippen LogP contribution in [0.4, 0.5) is 8.78 Å². The Morgan fingerprint density at radius 1 is 1.14 bits per heavy atom. The molecule has 1 heterocycles. The van der Waals surface area contributed by atoms with Crippen molar-refractivity contribution in [3.05, 3.63) is 46.5 Å². The number of hydrogen-bond acceptors (Lipinski definition) is 2. The summed E-state index contributed by atoms with van der Waals surface area (Å²) in [6.07, 6.45) is 4.73. The molecular weight excluding hydrogens is 300 g/mol. The average Bonchev–Trinajstić information content (AvgIpc) is 2.88. The first-order valence-electron chi connectivity index (χ1n) is 7.47. The molecule has 22 heavy (non-hydrogen) atoms. The van der Waals surface area contributed by atoms with Crippen molar-refractivity contribution in [1.82, 2.24) is 4.98 Å². The molecule has 3 rings (SSSR count). The maximum absolute atomic E-state index is 14.5. The SMILES string of the molecule is Cc1csc(-c2cc(F)c(C3=CCC(C)(C)CC3)cc2F)n1. The molecule has 0 radical (unpaired) electrons. The first kappa shape index (κ1) is 15.3. The summed E-state index contributed by atoms with van der Waals surface area (Å²) in [7, 11) is 0. The number of aryl methyl sites for hydroxylation is 1. The minimum Gasteiger partial charge on any atom is -0.241 e. The van der Waals surface area contributed by atoms with Crippen LogP contribution in [0.5, 0.6) is 0 Å². The summed E-state index contributed by atoms with van der Waals surface area (Å²) in [5.74, 6) is -0.772. The molecule has 0 bridgehead atoms. The maximum atomic E-state index is 14.5. The van der Waals surface area contributed by atoms with E-state index in [0.29, 0.717) is 10.6 Å². The zero-order valence-corrected chi connectivity index (χ0v) is 13.9. The van der Waals surface area contributed by atoms with Crippen LogP contribution in [0.1, 0.15) is 44.4 Å². The first-order valence-corrected chi connectivity index (χ1v) is 8.35. The molecule has 1 aromatic heterocycles. The van der Waals surface area contributed by atoms with E-state index < -0.39 is 5.82 Å². The zero-order chi connectivity index (χ0) is 15.9. The molecule has 0 atom stereocenters. The van der Waals surface area contributed by atoms with Crippen LogP contribution in [0.15, 0.2) is 23.6 Å². The van der Waals surface area contributed by atoms with Crippen LogP contribution in [-0.4, -0.2) is 4.98 Å². The molecule has 0 saturated carbocycles. The highest BCUT2D eigenvalue weighted by atomic mass is 32.1. The number of benzene rings is 1. The Hall–Kier alpha value is -1.55. The molecule has 0 fully saturated rings. The van der Waals surface area contributed by atoms with Crippen molar-refractivity contribution in [2.75, 3.05) is 0 Å². The van der Waals surface area contributed by atoms with Crippen molar-refractivity contribution >= 4 is 16.9 Å². The Labute approximate surface area is 133 Å². The van der Waals surface area contributed by atoms with Crippen LogP contribution in [0, 0.1) is 24.0 Å². The van der Waals surface area contributed by atoms with Gasteiger partial charge in [0.15, 0.2) is 0 Å². The van der Waals surface area contributed by atoms with Gasteiger partial charge < -0.3 is 0 Å². The number of hydrogen-bond donors (Lipinski definition) is 0. The lowest BCUT2D eigenvalue weighted by molar-refractivity contribution is 0.334. The molecule has 0 N–H and O–H groups in total. The molecule has 0 amide bonds. The van der Waals surface area contributed by atoms with Gasteiger partial charge in [0, 0.05) is 22.2 Å². The number of rotatable bonds is 2. The van der Waals surface area contributed by atoms with Crippen molar-refractivity contribution < 1.29 is 8.78 Å². The van der Waals surface area contributed by atoms with Crippen LogP contribution in [0.2, 0.25) is 0 Å². The lowest BCUT2D eigenvalue weighted by Gasteiger charge is -2.28. The minimum absolute atomic E-state index is 0.246. The van der Waals surface area contributed by atoms with E-state index in [1.807, 2.05) is 12.3 Å². The smallest absolute Gasteiger partial charge is 0.134 e. The number of halogens is 2. The molecule has 1 aliphatic rings. The van der Waals surface area contributed by atoms with Gasteiger partial charge in [0.1, 0.15) is 16.6 Å². The van der Waals surface area contributed by atoms with Crippen LogP contribution >= 0.6 is 11.3 Å². The quantitative estimate of drug-likeness (QED) is 0.662. The lowest BCUT2D eigenvalue weighted by atomic mass is 9.77. The summed E-state index contributed by atoms with van der Waals surface area (Å²) < 4.78 is 28.9. The summed E-state index contributed by atoms with van der Waals surface area (Å²) in [6, 6.07) is 2.61. The first-order chi connectivity index (χ1) is 10.4. The van der Waals surface area contributed by atoms with Gasteiger partial charge in [-0.15, -0.1) is 11.3 Å². The van der Waals surface area contributed by atoms with E-state index in [1.54, 1.807) is 0 Å². The van der Waals surface area contributed by atoms with E-state index in [9.17, 15) is 8.78 Å². The standard InChI is InChI=1S/C18H19F2NS/c1-11-10-22-17(21-11)14-9-15(19)13(8-16(14)20)12-4-6-18(2,3)7-5-12/h4,8-10H,5-7H2,1-3H3. The summed E-state index contributed by atoms with van der Waals surface area (Å²) in [5, 5.41) is 2.37. The number of aromatic nitrogens is 1. The van der Waals surface area contributed by atoms with Crippen molar-refractivity contribution in [3.63, 3.8) is 0 Å². The predicted molar refractivity (Wildman–Crippen MR) is 87.8 cm³/mol. The van der Waals surface area contributed by atoms with E-state index >= 15 is 0 Å². The maximum Gasteiger partial charge on any atom is 0.134 e. The van der Waals surface area contributed by atoms with E-state index in [2.05, 4.69) is 24.9 Å². The molecule has 0 spiro atoms. The fourth-order valence-corrected chi connectivity index (χ4v) is 3.57. The van der Waals surface area contributed by atoms with Crippen molar-refractivity contribution in [2.45, 2.75) is 40.0 Å². The fraction of sp³-hybridized carbons (Fsp3) is 0.389. The van der Waals surface area contributed by atoms with Crippen molar-refractivity contribution in [3.8, 4) is 10.6 Å².